The molecule has 0 unspecified atom stereocenters. The van der Waals surface area contributed by atoms with Crippen LogP contribution in [0.1, 0.15) is 54.1 Å². The number of carboxylic acid groups (broad SMARTS) is 1. The van der Waals surface area contributed by atoms with Crippen LogP contribution in [0.4, 0.5) is 0 Å². The standard InChI is InChI=1S/C15H21NO4S/c1-10-8-11(2)13(9-12(10)14(17)18)21(19,20)16-15(3)6-4-5-7-15/h8-9,16H,4-7H2,1-3H3,(H,17,18). The molecule has 21 heavy (non-hydrogen) atoms. The van der Waals surface area contributed by atoms with E-state index in [2.05, 4.69) is 4.72 Å². The van der Waals surface area contributed by atoms with Crippen molar-refractivity contribution in [3.63, 3.8) is 0 Å². The Balaban J connectivity index is 2.44. The number of hydrogen-bond donors (Lipinski definition) is 2. The van der Waals surface area contributed by atoms with Crippen LogP contribution in [-0.2, 0) is 10.0 Å². The minimum Gasteiger partial charge on any atom is -0.478 e. The summed E-state index contributed by atoms with van der Waals surface area (Å²) in [5, 5.41) is 9.17. The minimum atomic E-state index is -3.72. The van der Waals surface area contributed by atoms with Gasteiger partial charge in [0.15, 0.2) is 0 Å². The summed E-state index contributed by atoms with van der Waals surface area (Å²) < 4.78 is 27.9. The van der Waals surface area contributed by atoms with Crippen LogP contribution in [-0.4, -0.2) is 25.0 Å². The number of hydrogen-bond acceptors (Lipinski definition) is 3. The van der Waals surface area contributed by atoms with E-state index < -0.39 is 21.5 Å². The molecule has 1 aromatic rings. The SMILES string of the molecule is Cc1cc(C)c(S(=O)(=O)NC2(C)CCCC2)cc1C(=O)O. The Hall–Kier alpha value is -1.40. The summed E-state index contributed by atoms with van der Waals surface area (Å²) in [6.45, 7) is 5.25. The first-order valence-electron chi connectivity index (χ1n) is 7.03. The van der Waals surface area contributed by atoms with Crippen molar-refractivity contribution >= 4 is 16.0 Å². The fourth-order valence-electron chi connectivity index (χ4n) is 2.99. The number of carboxylic acids is 1. The van der Waals surface area contributed by atoms with Crippen LogP contribution in [0, 0.1) is 13.8 Å². The van der Waals surface area contributed by atoms with Crippen molar-refractivity contribution in [1.82, 2.24) is 4.72 Å². The van der Waals surface area contributed by atoms with Crippen LogP contribution in [0.15, 0.2) is 17.0 Å². The van der Waals surface area contributed by atoms with Crippen LogP contribution in [0.2, 0.25) is 0 Å². The lowest BCUT2D eigenvalue weighted by molar-refractivity contribution is 0.0696. The number of aromatic carboxylic acids is 1. The van der Waals surface area contributed by atoms with Crippen LogP contribution in [0.3, 0.4) is 0 Å². The van der Waals surface area contributed by atoms with Crippen molar-refractivity contribution in [1.29, 1.82) is 0 Å². The van der Waals surface area contributed by atoms with E-state index in [0.29, 0.717) is 11.1 Å². The number of rotatable bonds is 4. The number of nitrogens with one attached hydrogen (secondary N) is 1. The maximum Gasteiger partial charge on any atom is 0.335 e. The van der Waals surface area contributed by atoms with Gasteiger partial charge in [0.25, 0.3) is 0 Å². The molecule has 0 amide bonds. The molecular formula is C15H21NO4S. The number of benzene rings is 1. The molecule has 0 aliphatic heterocycles. The number of carbonyl (C=O) groups is 1. The molecule has 1 fully saturated rings. The summed E-state index contributed by atoms with van der Waals surface area (Å²) in [6, 6.07) is 2.86. The van der Waals surface area contributed by atoms with Gasteiger partial charge in [0, 0.05) is 5.54 Å². The minimum absolute atomic E-state index is 0.0255. The van der Waals surface area contributed by atoms with Gasteiger partial charge in [-0.25, -0.2) is 17.9 Å². The van der Waals surface area contributed by atoms with Crippen LogP contribution in [0.25, 0.3) is 0 Å². The van der Waals surface area contributed by atoms with Gasteiger partial charge in [-0.15, -0.1) is 0 Å². The van der Waals surface area contributed by atoms with E-state index in [1.54, 1.807) is 19.9 Å². The van der Waals surface area contributed by atoms with Gasteiger partial charge in [0.05, 0.1) is 10.5 Å². The smallest absolute Gasteiger partial charge is 0.335 e. The van der Waals surface area contributed by atoms with Gasteiger partial charge in [-0.1, -0.05) is 18.9 Å². The van der Waals surface area contributed by atoms with E-state index in [1.807, 2.05) is 6.92 Å². The van der Waals surface area contributed by atoms with E-state index in [9.17, 15) is 13.2 Å². The van der Waals surface area contributed by atoms with E-state index >= 15 is 0 Å². The van der Waals surface area contributed by atoms with E-state index in [4.69, 9.17) is 5.11 Å². The quantitative estimate of drug-likeness (QED) is 0.895. The van der Waals surface area contributed by atoms with Crippen LogP contribution in [0.5, 0.6) is 0 Å². The first kappa shape index (κ1) is 16.0. The highest BCUT2D eigenvalue weighted by molar-refractivity contribution is 7.89. The third-order valence-electron chi connectivity index (χ3n) is 4.13. The predicted octanol–water partition coefficient (Wildman–Crippen LogP) is 2.61. The molecule has 0 spiro atoms. The van der Waals surface area contributed by atoms with Gasteiger partial charge in [-0.2, -0.15) is 0 Å². The fourth-order valence-corrected chi connectivity index (χ4v) is 4.71. The van der Waals surface area contributed by atoms with Gasteiger partial charge >= 0.3 is 5.97 Å². The summed E-state index contributed by atoms with van der Waals surface area (Å²) in [5.74, 6) is -1.11. The third-order valence-corrected chi connectivity index (χ3v) is 5.91. The lowest BCUT2D eigenvalue weighted by Gasteiger charge is -2.25. The molecule has 116 valence electrons. The van der Waals surface area contributed by atoms with Gasteiger partial charge < -0.3 is 5.11 Å². The molecular weight excluding hydrogens is 290 g/mol. The highest BCUT2D eigenvalue weighted by atomic mass is 32.2. The number of aryl methyl sites for hydroxylation is 2. The molecule has 0 bridgehead atoms. The summed E-state index contributed by atoms with van der Waals surface area (Å²) in [7, 11) is -3.72. The Morgan fingerprint density at radius 2 is 1.76 bits per heavy atom. The van der Waals surface area contributed by atoms with Crippen molar-refractivity contribution < 1.29 is 18.3 Å². The zero-order valence-electron chi connectivity index (χ0n) is 12.6. The lowest BCUT2D eigenvalue weighted by atomic mass is 10.0. The molecule has 1 saturated carbocycles. The van der Waals surface area contributed by atoms with E-state index in [0.717, 1.165) is 25.7 Å². The molecule has 0 saturated heterocycles. The Morgan fingerprint density at radius 3 is 2.29 bits per heavy atom. The number of sulfonamides is 1. The van der Waals surface area contributed by atoms with Gasteiger partial charge in [-0.3, -0.25) is 0 Å². The first-order chi connectivity index (χ1) is 9.65. The Kier molecular flexibility index (Phi) is 4.13. The molecule has 2 rings (SSSR count). The summed E-state index contributed by atoms with van der Waals surface area (Å²) in [5.41, 5.74) is 0.717. The highest BCUT2D eigenvalue weighted by Crippen LogP contribution is 2.31. The molecule has 0 radical (unpaired) electrons. The molecule has 0 atom stereocenters. The Morgan fingerprint density at radius 1 is 1.19 bits per heavy atom. The maximum atomic E-state index is 12.6. The van der Waals surface area contributed by atoms with Crippen molar-refractivity contribution in [2.24, 2.45) is 0 Å². The van der Waals surface area contributed by atoms with Crippen molar-refractivity contribution in [3.8, 4) is 0 Å². The maximum absolute atomic E-state index is 12.6. The van der Waals surface area contributed by atoms with Crippen molar-refractivity contribution in [2.45, 2.75) is 56.9 Å². The highest BCUT2D eigenvalue weighted by Gasteiger charge is 2.34. The third kappa shape index (κ3) is 3.27. The summed E-state index contributed by atoms with van der Waals surface area (Å²) in [4.78, 5) is 11.3. The van der Waals surface area contributed by atoms with Gasteiger partial charge in [0.1, 0.15) is 0 Å². The summed E-state index contributed by atoms with van der Waals surface area (Å²) >= 11 is 0. The molecule has 0 heterocycles. The fraction of sp³-hybridized carbons (Fsp3) is 0.533. The van der Waals surface area contributed by atoms with E-state index in [1.165, 1.54) is 6.07 Å². The molecule has 1 aliphatic carbocycles. The largest absolute Gasteiger partial charge is 0.478 e. The zero-order chi connectivity index (χ0) is 15.8. The van der Waals surface area contributed by atoms with Gasteiger partial charge in [0.2, 0.25) is 10.0 Å². The van der Waals surface area contributed by atoms with Crippen molar-refractivity contribution in [3.05, 3.63) is 28.8 Å². The molecule has 5 nitrogen and oxygen atoms in total. The zero-order valence-corrected chi connectivity index (χ0v) is 13.4. The molecule has 1 aliphatic rings. The average Bonchev–Trinajstić information content (AvgIpc) is 2.73. The average molecular weight is 311 g/mol. The second-order valence-electron chi connectivity index (χ2n) is 6.11. The van der Waals surface area contributed by atoms with E-state index in [-0.39, 0.29) is 10.5 Å². The van der Waals surface area contributed by atoms with Crippen LogP contribution < -0.4 is 4.72 Å². The molecule has 6 heteroatoms. The Bertz CT molecular complexity index is 673. The Labute approximate surface area is 125 Å². The topological polar surface area (TPSA) is 83.5 Å². The molecule has 2 N–H and O–H groups in total. The second kappa shape index (κ2) is 5.42. The molecule has 0 aromatic heterocycles. The van der Waals surface area contributed by atoms with Crippen LogP contribution >= 0.6 is 0 Å². The summed E-state index contributed by atoms with van der Waals surface area (Å²) in [6.07, 6.45) is 3.63. The first-order valence-corrected chi connectivity index (χ1v) is 8.51. The predicted molar refractivity (Wildman–Crippen MR) is 80.1 cm³/mol. The van der Waals surface area contributed by atoms with Gasteiger partial charge in [-0.05, 0) is 50.8 Å². The van der Waals surface area contributed by atoms with Crippen molar-refractivity contribution in [2.75, 3.05) is 0 Å². The normalized spacial score (nSPS) is 17.9. The lowest BCUT2D eigenvalue weighted by Crippen LogP contribution is -2.43. The monoisotopic (exact) mass is 311 g/mol. The molecule has 1 aromatic carbocycles. The second-order valence-corrected chi connectivity index (χ2v) is 7.76.